The lowest BCUT2D eigenvalue weighted by molar-refractivity contribution is 0.260. The summed E-state index contributed by atoms with van der Waals surface area (Å²) in [6.07, 6.45) is 5.65. The van der Waals surface area contributed by atoms with E-state index in [-0.39, 0.29) is 0 Å². The highest BCUT2D eigenvalue weighted by Gasteiger charge is 2.43. The van der Waals surface area contributed by atoms with Gasteiger partial charge in [-0.2, -0.15) is 12.6 Å². The maximum absolute atomic E-state index is 5.60. The SMILES string of the molecule is NCCN1CC[C@@]2(CC[C@H](CS)C2)C1. The van der Waals surface area contributed by atoms with Crippen molar-refractivity contribution in [3.8, 4) is 0 Å². The number of hydrogen-bond donors (Lipinski definition) is 2. The number of nitrogens with two attached hydrogens (primary N) is 1. The third-order valence-corrected chi connectivity index (χ3v) is 4.54. The zero-order valence-corrected chi connectivity index (χ0v) is 9.81. The predicted molar refractivity (Wildman–Crippen MR) is 63.7 cm³/mol. The molecule has 1 aliphatic carbocycles. The van der Waals surface area contributed by atoms with Crippen molar-refractivity contribution in [2.75, 3.05) is 31.9 Å². The molecule has 0 radical (unpaired) electrons. The van der Waals surface area contributed by atoms with Crippen LogP contribution in [0.2, 0.25) is 0 Å². The Hall–Kier alpha value is 0.270. The van der Waals surface area contributed by atoms with Gasteiger partial charge in [0.05, 0.1) is 0 Å². The van der Waals surface area contributed by atoms with E-state index in [1.807, 2.05) is 0 Å². The standard InChI is InChI=1S/C11H22N2S/c12-4-6-13-5-3-11(9-13)2-1-10(7-11)8-14/h10,14H,1-9,12H2/t10-,11+/m0/s1. The van der Waals surface area contributed by atoms with Crippen LogP contribution in [0.4, 0.5) is 0 Å². The Bertz CT molecular complexity index is 198. The molecule has 0 aromatic carbocycles. The van der Waals surface area contributed by atoms with Crippen molar-refractivity contribution in [3.05, 3.63) is 0 Å². The van der Waals surface area contributed by atoms with E-state index in [9.17, 15) is 0 Å². The van der Waals surface area contributed by atoms with Crippen molar-refractivity contribution in [3.63, 3.8) is 0 Å². The Kier molecular flexibility index (Phi) is 3.40. The lowest BCUT2D eigenvalue weighted by Crippen LogP contribution is -2.30. The van der Waals surface area contributed by atoms with E-state index in [2.05, 4.69) is 17.5 Å². The van der Waals surface area contributed by atoms with Crippen LogP contribution in [0.25, 0.3) is 0 Å². The molecule has 82 valence electrons. The fraction of sp³-hybridized carbons (Fsp3) is 1.00. The van der Waals surface area contributed by atoms with E-state index < -0.39 is 0 Å². The second kappa shape index (κ2) is 4.42. The largest absolute Gasteiger partial charge is 0.329 e. The summed E-state index contributed by atoms with van der Waals surface area (Å²) in [5.74, 6) is 1.97. The first-order chi connectivity index (χ1) is 6.78. The van der Waals surface area contributed by atoms with Gasteiger partial charge in [0.25, 0.3) is 0 Å². The summed E-state index contributed by atoms with van der Waals surface area (Å²) in [7, 11) is 0. The zero-order chi connectivity index (χ0) is 10.0. The molecule has 1 saturated carbocycles. The average Bonchev–Trinajstić information content (AvgIpc) is 2.76. The van der Waals surface area contributed by atoms with E-state index in [1.165, 1.54) is 38.8 Å². The molecule has 0 unspecified atom stereocenters. The van der Waals surface area contributed by atoms with Crippen molar-refractivity contribution in [2.45, 2.75) is 25.7 Å². The minimum Gasteiger partial charge on any atom is -0.329 e. The molecule has 0 aromatic heterocycles. The maximum Gasteiger partial charge on any atom is 0.0105 e. The van der Waals surface area contributed by atoms with Crippen molar-refractivity contribution in [2.24, 2.45) is 17.1 Å². The molecule has 0 aromatic rings. The lowest BCUT2D eigenvalue weighted by atomic mass is 9.85. The molecule has 0 bridgehead atoms. The first kappa shape index (κ1) is 10.8. The minimum absolute atomic E-state index is 0.655. The summed E-state index contributed by atoms with van der Waals surface area (Å²) in [6.45, 7) is 4.48. The molecule has 2 fully saturated rings. The number of hydrogen-bond acceptors (Lipinski definition) is 3. The molecule has 1 heterocycles. The van der Waals surface area contributed by atoms with Gasteiger partial charge >= 0.3 is 0 Å². The van der Waals surface area contributed by atoms with Gasteiger partial charge in [-0.15, -0.1) is 0 Å². The van der Waals surface area contributed by atoms with Crippen molar-refractivity contribution >= 4 is 12.6 Å². The molecule has 14 heavy (non-hydrogen) atoms. The third kappa shape index (κ3) is 2.10. The molecule has 3 heteroatoms. The number of likely N-dealkylation sites (tertiary alicyclic amines) is 1. The second-order valence-electron chi connectivity index (χ2n) is 5.11. The Morgan fingerprint density at radius 3 is 2.93 bits per heavy atom. The third-order valence-electron chi connectivity index (χ3n) is 4.03. The second-order valence-corrected chi connectivity index (χ2v) is 5.47. The Morgan fingerprint density at radius 2 is 2.29 bits per heavy atom. The van der Waals surface area contributed by atoms with Crippen LogP contribution in [0.5, 0.6) is 0 Å². The normalized spacial score (nSPS) is 38.6. The van der Waals surface area contributed by atoms with Gasteiger partial charge in [-0.25, -0.2) is 0 Å². The zero-order valence-electron chi connectivity index (χ0n) is 8.91. The maximum atomic E-state index is 5.60. The van der Waals surface area contributed by atoms with Gasteiger partial charge in [0.2, 0.25) is 0 Å². The molecule has 1 aliphatic heterocycles. The minimum atomic E-state index is 0.655. The van der Waals surface area contributed by atoms with Gasteiger partial charge in [-0.05, 0) is 49.3 Å². The van der Waals surface area contributed by atoms with Gasteiger partial charge < -0.3 is 10.6 Å². The fourth-order valence-electron chi connectivity index (χ4n) is 3.25. The van der Waals surface area contributed by atoms with Crippen LogP contribution >= 0.6 is 12.6 Å². The van der Waals surface area contributed by atoms with Crippen LogP contribution in [0, 0.1) is 11.3 Å². The summed E-state index contributed by atoms with van der Waals surface area (Å²) in [6, 6.07) is 0. The van der Waals surface area contributed by atoms with Crippen LogP contribution in [0.3, 0.4) is 0 Å². The summed E-state index contributed by atoms with van der Waals surface area (Å²) in [5.41, 5.74) is 6.25. The van der Waals surface area contributed by atoms with E-state index in [0.717, 1.165) is 24.8 Å². The van der Waals surface area contributed by atoms with Gasteiger partial charge in [0, 0.05) is 19.6 Å². The van der Waals surface area contributed by atoms with E-state index in [4.69, 9.17) is 5.73 Å². The molecular weight excluding hydrogens is 192 g/mol. The number of nitrogens with zero attached hydrogens (tertiary/aromatic N) is 1. The Morgan fingerprint density at radius 1 is 1.43 bits per heavy atom. The first-order valence-electron chi connectivity index (χ1n) is 5.81. The van der Waals surface area contributed by atoms with Crippen LogP contribution in [-0.2, 0) is 0 Å². The Labute approximate surface area is 92.6 Å². The predicted octanol–water partition coefficient (Wildman–Crippen LogP) is 1.37. The van der Waals surface area contributed by atoms with Crippen LogP contribution in [0.1, 0.15) is 25.7 Å². The molecular formula is C11H22N2S. The van der Waals surface area contributed by atoms with Crippen molar-refractivity contribution in [1.82, 2.24) is 4.90 Å². The highest BCUT2D eigenvalue weighted by molar-refractivity contribution is 7.80. The highest BCUT2D eigenvalue weighted by Crippen LogP contribution is 2.48. The van der Waals surface area contributed by atoms with Crippen LogP contribution in [0.15, 0.2) is 0 Å². The monoisotopic (exact) mass is 214 g/mol. The Balaban J connectivity index is 1.87. The molecule has 2 aliphatic rings. The number of thiol groups is 1. The van der Waals surface area contributed by atoms with Crippen molar-refractivity contribution in [1.29, 1.82) is 0 Å². The summed E-state index contributed by atoms with van der Waals surface area (Å²) in [4.78, 5) is 2.54. The molecule has 1 spiro atoms. The van der Waals surface area contributed by atoms with E-state index in [1.54, 1.807) is 0 Å². The number of rotatable bonds is 3. The molecule has 2 nitrogen and oxygen atoms in total. The van der Waals surface area contributed by atoms with Gasteiger partial charge in [0.15, 0.2) is 0 Å². The molecule has 1 saturated heterocycles. The van der Waals surface area contributed by atoms with Crippen LogP contribution in [-0.4, -0.2) is 36.8 Å². The van der Waals surface area contributed by atoms with E-state index >= 15 is 0 Å². The van der Waals surface area contributed by atoms with Crippen molar-refractivity contribution < 1.29 is 0 Å². The summed E-state index contributed by atoms with van der Waals surface area (Å²) >= 11 is 4.42. The quantitative estimate of drug-likeness (QED) is 0.695. The van der Waals surface area contributed by atoms with Gasteiger partial charge in [0.1, 0.15) is 0 Å². The fourth-order valence-corrected chi connectivity index (χ4v) is 3.57. The van der Waals surface area contributed by atoms with E-state index in [0.29, 0.717) is 5.41 Å². The summed E-state index contributed by atoms with van der Waals surface area (Å²) < 4.78 is 0. The smallest absolute Gasteiger partial charge is 0.0105 e. The molecule has 0 amide bonds. The summed E-state index contributed by atoms with van der Waals surface area (Å²) in [5, 5.41) is 0. The molecule has 2 N–H and O–H groups in total. The first-order valence-corrected chi connectivity index (χ1v) is 6.44. The lowest BCUT2D eigenvalue weighted by Gasteiger charge is -2.24. The van der Waals surface area contributed by atoms with Gasteiger partial charge in [-0.1, -0.05) is 0 Å². The molecule has 2 atom stereocenters. The van der Waals surface area contributed by atoms with Gasteiger partial charge in [-0.3, -0.25) is 0 Å². The average molecular weight is 214 g/mol. The molecule has 2 rings (SSSR count). The topological polar surface area (TPSA) is 29.3 Å². The van der Waals surface area contributed by atoms with Crippen LogP contribution < -0.4 is 5.73 Å². The highest BCUT2D eigenvalue weighted by atomic mass is 32.1.